The van der Waals surface area contributed by atoms with Gasteiger partial charge in [0.05, 0.1) is 27.3 Å². The zero-order valence-corrected chi connectivity index (χ0v) is 26.9. The number of carbonyl (C=O) groups excluding carboxylic acids is 3. The van der Waals surface area contributed by atoms with Gasteiger partial charge in [-0.15, -0.1) is 24.9 Å². The molecular weight excluding hydrogens is 594 g/mol. The van der Waals surface area contributed by atoms with E-state index in [0.29, 0.717) is 49.6 Å². The van der Waals surface area contributed by atoms with Crippen molar-refractivity contribution in [2.24, 2.45) is 11.8 Å². The third kappa shape index (κ3) is 5.72. The first-order valence-electron chi connectivity index (χ1n) is 15.4. The van der Waals surface area contributed by atoms with Crippen LogP contribution in [0.15, 0.2) is 79.9 Å². The van der Waals surface area contributed by atoms with E-state index in [1.165, 1.54) is 0 Å². The van der Waals surface area contributed by atoms with Crippen LogP contribution < -0.4 is 4.90 Å². The Bertz CT molecular complexity index is 1410. The van der Waals surface area contributed by atoms with Gasteiger partial charge in [0, 0.05) is 37.5 Å². The number of benzene rings is 2. The predicted molar refractivity (Wildman–Crippen MR) is 177 cm³/mol. The molecule has 234 valence electrons. The molecule has 5 rings (SSSR count). The van der Waals surface area contributed by atoms with Crippen LogP contribution in [-0.4, -0.2) is 74.4 Å². The van der Waals surface area contributed by atoms with Crippen LogP contribution in [0.4, 0.5) is 5.69 Å². The quantitative estimate of drug-likeness (QED) is 0.212. The molecule has 3 fully saturated rings. The van der Waals surface area contributed by atoms with Gasteiger partial charge in [0.25, 0.3) is 5.91 Å². The minimum Gasteiger partial charge on any atom is -0.396 e. The molecule has 7 nitrogen and oxygen atoms in total. The number of nitrogens with zero attached hydrogens (tertiary/aromatic N) is 3. The number of aliphatic hydroxyl groups excluding tert-OH is 1. The fraction of sp³-hybridized carbons (Fsp3) is 0.457. The summed E-state index contributed by atoms with van der Waals surface area (Å²) in [6.45, 7) is 11.4. The summed E-state index contributed by atoms with van der Waals surface area (Å²) in [7, 11) is 0. The summed E-state index contributed by atoms with van der Waals surface area (Å²) in [5.41, 5.74) is 1.58. The van der Waals surface area contributed by atoms with Crippen molar-refractivity contribution in [3.05, 3.63) is 90.5 Å². The van der Waals surface area contributed by atoms with Crippen molar-refractivity contribution in [1.29, 1.82) is 0 Å². The summed E-state index contributed by atoms with van der Waals surface area (Å²) >= 11 is 8.27. The highest BCUT2D eigenvalue weighted by atomic mass is 35.5. The Morgan fingerprint density at radius 1 is 1.02 bits per heavy atom. The molecule has 9 heteroatoms. The number of amides is 3. The Morgan fingerprint density at radius 3 is 2.41 bits per heavy atom. The molecule has 2 aromatic rings. The van der Waals surface area contributed by atoms with E-state index >= 15 is 0 Å². The fourth-order valence-electron chi connectivity index (χ4n) is 7.54. The number of para-hydroxylation sites is 1. The number of carbonyl (C=O) groups is 3. The normalized spacial score (nSPS) is 26.8. The van der Waals surface area contributed by atoms with Crippen LogP contribution in [0.3, 0.4) is 0 Å². The maximum atomic E-state index is 14.8. The highest BCUT2D eigenvalue weighted by Crippen LogP contribution is 2.71. The summed E-state index contributed by atoms with van der Waals surface area (Å²) in [4.78, 5) is 49.1. The topological polar surface area (TPSA) is 81.2 Å². The fourth-order valence-corrected chi connectivity index (χ4v) is 10.1. The first-order valence-corrected chi connectivity index (χ1v) is 16.6. The van der Waals surface area contributed by atoms with Crippen LogP contribution in [0.2, 0.25) is 5.02 Å². The molecule has 3 saturated heterocycles. The van der Waals surface area contributed by atoms with Crippen LogP contribution in [0.5, 0.6) is 0 Å². The molecule has 2 unspecified atom stereocenters. The lowest BCUT2D eigenvalue weighted by atomic mass is 9.66. The number of halogens is 1. The average Bonchev–Trinajstić information content (AvgIpc) is 3.58. The van der Waals surface area contributed by atoms with E-state index in [0.717, 1.165) is 18.4 Å². The summed E-state index contributed by atoms with van der Waals surface area (Å²) in [6.07, 6.45) is 6.82. The van der Waals surface area contributed by atoms with Gasteiger partial charge in [-0.1, -0.05) is 66.2 Å². The Balaban J connectivity index is 1.55. The van der Waals surface area contributed by atoms with Crippen molar-refractivity contribution < 1.29 is 19.5 Å². The summed E-state index contributed by atoms with van der Waals surface area (Å²) in [5, 5.41) is 9.80. The maximum absolute atomic E-state index is 14.8. The van der Waals surface area contributed by atoms with Crippen LogP contribution in [0.1, 0.15) is 44.6 Å². The molecule has 44 heavy (non-hydrogen) atoms. The second-order valence-electron chi connectivity index (χ2n) is 12.2. The Morgan fingerprint density at radius 2 is 1.73 bits per heavy atom. The van der Waals surface area contributed by atoms with Gasteiger partial charge < -0.3 is 19.8 Å². The Kier molecular flexibility index (Phi) is 9.93. The van der Waals surface area contributed by atoms with Gasteiger partial charge in [-0.2, -0.15) is 0 Å². The number of hydrogen-bond acceptors (Lipinski definition) is 5. The molecule has 1 N–H and O–H groups in total. The highest BCUT2D eigenvalue weighted by molar-refractivity contribution is 8.02. The van der Waals surface area contributed by atoms with Gasteiger partial charge in [-0.3, -0.25) is 14.4 Å². The number of hydrogen-bond donors (Lipinski definition) is 1. The van der Waals surface area contributed by atoms with Crippen molar-refractivity contribution in [1.82, 2.24) is 9.80 Å². The molecule has 3 heterocycles. The number of aliphatic hydroxyl groups is 1. The number of likely N-dealkylation sites (tertiary alicyclic amines) is 1. The standard InChI is InChI=1S/C35H42ClN3O4S/c1-4-20-37(24-25-14-8-6-9-15-25)31(41)28-29-32(42)39(22-12-7-13-23-40)30(35(29)19-18-34(28,3)44-35)33(43)38(21-5-2)27-17-11-10-16-26(27)36/h4-6,8-11,14-17,28-30,40H,1-2,7,12-13,18-24H2,3H3/t28-,29-,30?,34+,35?/m0/s1. The monoisotopic (exact) mass is 635 g/mol. The predicted octanol–water partition coefficient (Wildman–Crippen LogP) is 5.72. The smallest absolute Gasteiger partial charge is 0.251 e. The summed E-state index contributed by atoms with van der Waals surface area (Å²) < 4.78 is -1.23. The molecular formula is C35H42ClN3O4S. The van der Waals surface area contributed by atoms with Crippen molar-refractivity contribution in [3.63, 3.8) is 0 Å². The number of fused-ring (bicyclic) bond motifs is 1. The van der Waals surface area contributed by atoms with Crippen molar-refractivity contribution >= 4 is 46.8 Å². The average molecular weight is 636 g/mol. The van der Waals surface area contributed by atoms with Crippen molar-refractivity contribution in [3.8, 4) is 0 Å². The number of thioether (sulfide) groups is 1. The van der Waals surface area contributed by atoms with E-state index in [4.69, 9.17) is 11.6 Å². The number of unbranched alkanes of at least 4 members (excludes halogenated alkanes) is 2. The minimum absolute atomic E-state index is 0.0638. The minimum atomic E-state index is -0.753. The lowest BCUT2D eigenvalue weighted by Gasteiger charge is -2.38. The number of rotatable bonds is 14. The Hall–Kier alpha value is -3.07. The van der Waals surface area contributed by atoms with Crippen LogP contribution in [0, 0.1) is 11.8 Å². The second-order valence-corrected chi connectivity index (χ2v) is 14.5. The first-order chi connectivity index (χ1) is 21.2. The molecule has 2 bridgehead atoms. The van der Waals surface area contributed by atoms with E-state index < -0.39 is 27.4 Å². The molecule has 0 radical (unpaired) electrons. The third-order valence-electron chi connectivity index (χ3n) is 9.43. The largest absolute Gasteiger partial charge is 0.396 e. The van der Waals surface area contributed by atoms with Crippen molar-refractivity contribution in [2.45, 2.75) is 61.1 Å². The molecule has 3 aliphatic heterocycles. The van der Waals surface area contributed by atoms with Gasteiger partial charge >= 0.3 is 0 Å². The van der Waals surface area contributed by atoms with Gasteiger partial charge in [0.1, 0.15) is 6.04 Å². The second kappa shape index (κ2) is 13.5. The highest BCUT2D eigenvalue weighted by Gasteiger charge is 2.77. The van der Waals surface area contributed by atoms with E-state index in [2.05, 4.69) is 20.1 Å². The molecule has 0 saturated carbocycles. The van der Waals surface area contributed by atoms with Crippen molar-refractivity contribution in [2.75, 3.05) is 31.1 Å². The number of anilines is 1. The molecule has 0 aromatic heterocycles. The maximum Gasteiger partial charge on any atom is 0.251 e. The molecule has 3 aliphatic rings. The third-order valence-corrected chi connectivity index (χ3v) is 11.7. The molecule has 1 spiro atoms. The zero-order valence-electron chi connectivity index (χ0n) is 25.4. The van der Waals surface area contributed by atoms with Crippen LogP contribution in [-0.2, 0) is 20.9 Å². The molecule has 5 atom stereocenters. The molecule has 3 amide bonds. The van der Waals surface area contributed by atoms with E-state index in [1.54, 1.807) is 44.7 Å². The van der Waals surface area contributed by atoms with Gasteiger partial charge in [0.2, 0.25) is 11.8 Å². The van der Waals surface area contributed by atoms with Gasteiger partial charge in [0.15, 0.2) is 0 Å². The van der Waals surface area contributed by atoms with Gasteiger partial charge in [-0.25, -0.2) is 0 Å². The Labute approximate surface area is 269 Å². The van der Waals surface area contributed by atoms with Crippen LogP contribution in [0.25, 0.3) is 0 Å². The zero-order chi connectivity index (χ0) is 31.5. The first kappa shape index (κ1) is 32.3. The summed E-state index contributed by atoms with van der Waals surface area (Å²) in [6, 6.07) is 16.3. The lowest BCUT2D eigenvalue weighted by Crippen LogP contribution is -2.55. The van der Waals surface area contributed by atoms with Gasteiger partial charge in [-0.05, 0) is 56.7 Å². The molecule has 2 aromatic carbocycles. The van der Waals surface area contributed by atoms with E-state index in [-0.39, 0.29) is 30.9 Å². The van der Waals surface area contributed by atoms with E-state index in [1.807, 2.05) is 48.5 Å². The SMILES string of the molecule is C=CCN(Cc1ccccc1)C(=O)[C@@H]1[C@H]2C(=O)N(CCCCCO)C(C(=O)N(CC=C)c3ccccc3Cl)C23CC[C@@]1(C)S3. The van der Waals surface area contributed by atoms with Crippen LogP contribution >= 0.6 is 23.4 Å². The lowest BCUT2D eigenvalue weighted by molar-refractivity contribution is -0.145. The van der Waals surface area contributed by atoms with E-state index in [9.17, 15) is 19.5 Å². The summed E-state index contributed by atoms with van der Waals surface area (Å²) in [5.74, 6) is -1.58. The molecule has 0 aliphatic carbocycles.